The van der Waals surface area contributed by atoms with E-state index >= 15 is 0 Å². The zero-order valence-electron chi connectivity index (χ0n) is 37.8. The molecule has 7 aromatic rings. The van der Waals surface area contributed by atoms with Crippen molar-refractivity contribution in [1.29, 1.82) is 0 Å². The van der Waals surface area contributed by atoms with Crippen LogP contribution in [0.15, 0.2) is 85.7 Å². The van der Waals surface area contributed by atoms with Gasteiger partial charge in [0.1, 0.15) is 23.3 Å². The number of rotatable bonds is 17. The van der Waals surface area contributed by atoms with Crippen molar-refractivity contribution in [2.45, 2.75) is 50.8 Å². The van der Waals surface area contributed by atoms with Crippen molar-refractivity contribution in [2.75, 3.05) is 61.7 Å². The number of aryl methyl sites for hydroxylation is 1. The fraction of sp³-hybridized carbons (Fsp3) is 0.360. The van der Waals surface area contributed by atoms with E-state index in [0.29, 0.717) is 101 Å². The fourth-order valence-electron chi connectivity index (χ4n) is 10.2. The zero-order chi connectivity index (χ0) is 47.3. The Balaban J connectivity index is 0.551. The molecular formula is C50H51Cl2N13O4. The van der Waals surface area contributed by atoms with E-state index in [2.05, 4.69) is 50.9 Å². The largest absolute Gasteiger partial charge is 0.383 e. The third-order valence-electron chi connectivity index (χ3n) is 14.2. The third-order valence-corrected chi connectivity index (χ3v) is 14.8. The highest BCUT2D eigenvalue weighted by molar-refractivity contribution is 6.39. The Hall–Kier alpha value is -6.34. The second-order valence-electron chi connectivity index (χ2n) is 18.6. The minimum atomic E-state index is -0.172. The smallest absolute Gasteiger partial charge is 0.229 e. The first kappa shape index (κ1) is 45.1. The normalized spacial score (nSPS) is 21.8. The summed E-state index contributed by atoms with van der Waals surface area (Å²) >= 11 is 12.9. The number of hydrogen-bond donors (Lipinski definition) is 5. The molecule has 19 heteroatoms. The monoisotopic (exact) mass is 967 g/mol. The van der Waals surface area contributed by atoms with Gasteiger partial charge in [0.05, 0.1) is 60.2 Å². The van der Waals surface area contributed by atoms with Crippen LogP contribution in [0, 0.1) is 30.6 Å². The Labute approximate surface area is 407 Å². The van der Waals surface area contributed by atoms with Crippen LogP contribution in [-0.2, 0) is 25.6 Å². The van der Waals surface area contributed by atoms with Crippen molar-refractivity contribution >= 4 is 79.8 Å². The number of likely N-dealkylation sites (tertiary alicyclic amines) is 1. The maximum absolute atomic E-state index is 13.3. The van der Waals surface area contributed by atoms with E-state index in [1.807, 2.05) is 48.3 Å². The predicted octanol–water partition coefficient (Wildman–Crippen LogP) is 6.95. The summed E-state index contributed by atoms with van der Waals surface area (Å²) in [5.74, 6) is 2.36. The molecule has 4 aliphatic rings. The molecule has 6 aromatic heterocycles. The van der Waals surface area contributed by atoms with Crippen LogP contribution in [0.3, 0.4) is 0 Å². The topological polar surface area (TPSA) is 226 Å². The summed E-state index contributed by atoms with van der Waals surface area (Å²) in [4.78, 5) is 51.3. The molecule has 354 valence electrons. The minimum Gasteiger partial charge on any atom is -0.383 e. The van der Waals surface area contributed by atoms with E-state index in [-0.39, 0.29) is 35.7 Å². The maximum Gasteiger partial charge on any atom is 0.229 e. The zero-order valence-corrected chi connectivity index (χ0v) is 39.3. The highest BCUT2D eigenvalue weighted by atomic mass is 35.5. The average molecular weight is 969 g/mol. The molecule has 69 heavy (non-hydrogen) atoms. The van der Waals surface area contributed by atoms with E-state index in [1.165, 1.54) is 0 Å². The van der Waals surface area contributed by atoms with Gasteiger partial charge in [0.2, 0.25) is 11.8 Å². The molecule has 3 aliphatic carbocycles. The summed E-state index contributed by atoms with van der Waals surface area (Å²) in [6.45, 7) is 6.66. The first-order chi connectivity index (χ1) is 33.5. The number of fused-ring (bicyclic) bond motifs is 3. The number of amides is 2. The summed E-state index contributed by atoms with van der Waals surface area (Å²) in [6.07, 6.45) is 13.7. The number of aromatic nitrogens is 7. The Morgan fingerprint density at radius 3 is 2.22 bits per heavy atom. The number of anilines is 4. The Kier molecular flexibility index (Phi) is 12.3. The number of nitrogens with one attached hydrogen (secondary N) is 3. The molecule has 7 N–H and O–H groups in total. The molecule has 1 aromatic carbocycles. The summed E-state index contributed by atoms with van der Waals surface area (Å²) < 4.78 is 13.8. The van der Waals surface area contributed by atoms with Gasteiger partial charge in [0, 0.05) is 90.4 Å². The van der Waals surface area contributed by atoms with Crippen LogP contribution in [0.5, 0.6) is 0 Å². The molecule has 1 aliphatic heterocycles. The molecule has 0 spiro atoms. The summed E-state index contributed by atoms with van der Waals surface area (Å²) in [5, 5.41) is 17.8. The SMILES string of the molecule is Cc1ccncc1-c1cc2cc(NC(=O)[C@H]3[C@@H]4C[C@H](N5CC(OCNCCOCCn6cc([C@H]7C[C@@H]7C(=O)Nc7cc8cc(-c9c(Cl)cccc9Cl)nc(N)c8cn7)cn6)C5)C[C@@H]43)ncc2c(N)n1. The second kappa shape index (κ2) is 18.9. The molecule has 6 atom stereocenters. The number of hydrogen-bond acceptors (Lipinski definition) is 14. The fourth-order valence-corrected chi connectivity index (χ4v) is 10.8. The van der Waals surface area contributed by atoms with Crippen LogP contribution in [0.4, 0.5) is 23.3 Å². The van der Waals surface area contributed by atoms with E-state index in [9.17, 15) is 9.59 Å². The molecule has 0 bridgehead atoms. The third kappa shape index (κ3) is 9.42. The highest BCUT2D eigenvalue weighted by Gasteiger charge is 2.61. The number of carbonyl (C=O) groups is 2. The molecule has 3 saturated carbocycles. The number of halogens is 2. The number of nitrogens with zero attached hydrogens (tertiary/aromatic N) is 8. The summed E-state index contributed by atoms with van der Waals surface area (Å²) in [5.41, 5.74) is 17.4. The molecule has 4 fully saturated rings. The number of ether oxygens (including phenoxy) is 2. The first-order valence-electron chi connectivity index (χ1n) is 23.3. The van der Waals surface area contributed by atoms with E-state index < -0.39 is 0 Å². The van der Waals surface area contributed by atoms with Gasteiger partial charge < -0.3 is 31.6 Å². The molecule has 0 unspecified atom stereocenters. The van der Waals surface area contributed by atoms with Crippen LogP contribution in [-0.4, -0.2) is 103 Å². The lowest BCUT2D eigenvalue weighted by Crippen LogP contribution is -2.56. The number of benzene rings is 1. The lowest BCUT2D eigenvalue weighted by molar-refractivity contribution is -0.119. The van der Waals surface area contributed by atoms with Crippen LogP contribution >= 0.6 is 23.2 Å². The lowest BCUT2D eigenvalue weighted by atomic mass is 10.0. The van der Waals surface area contributed by atoms with Crippen molar-refractivity contribution in [3.63, 3.8) is 0 Å². The van der Waals surface area contributed by atoms with Gasteiger partial charge in [-0.3, -0.25) is 29.5 Å². The molecule has 11 rings (SSSR count). The Bertz CT molecular complexity index is 3080. The van der Waals surface area contributed by atoms with Crippen molar-refractivity contribution in [1.82, 2.24) is 44.9 Å². The molecule has 2 amide bonds. The van der Waals surface area contributed by atoms with Crippen molar-refractivity contribution in [3.05, 3.63) is 107 Å². The van der Waals surface area contributed by atoms with Crippen LogP contribution in [0.2, 0.25) is 10.0 Å². The second-order valence-corrected chi connectivity index (χ2v) is 19.4. The van der Waals surface area contributed by atoms with E-state index in [1.54, 1.807) is 49.1 Å². The number of carbonyl (C=O) groups excluding carboxylic acids is 2. The van der Waals surface area contributed by atoms with Crippen molar-refractivity contribution in [2.24, 2.45) is 23.7 Å². The Morgan fingerprint density at radius 1 is 0.826 bits per heavy atom. The van der Waals surface area contributed by atoms with Crippen LogP contribution < -0.4 is 27.4 Å². The minimum absolute atomic E-state index is 0.0306. The van der Waals surface area contributed by atoms with Crippen LogP contribution in [0.25, 0.3) is 44.1 Å². The van der Waals surface area contributed by atoms with Gasteiger partial charge in [0.25, 0.3) is 0 Å². The lowest BCUT2D eigenvalue weighted by Gasteiger charge is -2.43. The van der Waals surface area contributed by atoms with E-state index in [0.717, 1.165) is 70.9 Å². The van der Waals surface area contributed by atoms with Crippen LogP contribution in [0.1, 0.15) is 36.3 Å². The van der Waals surface area contributed by atoms with E-state index in [4.69, 9.17) is 44.1 Å². The standard InChI is InChI=1S/C50H51Cl2N13O4/c1-26-5-6-55-19-36(26)41-11-27-13-44(58-20-37(27)47(53)60-41)63-50(67)45-33-15-30(16-34(33)45)64-23-31(24-64)69-25-56-7-9-68-10-8-65-22-29(18-59-65)32-17-35(32)49(66)62-43-14-28-12-42(61-48(54)38(28)21-57-43)46-39(51)3-2-4-40(46)52/h2-6,11-14,18-22,30-35,45,56H,7-10,15-17,23-25H2,1H3,(H2,53,60)(H2,54,61)(H,57,62,66)(H,58,63,67)/t30-,32-,33+,34-,35+,45-/m1/s1. The molecule has 7 heterocycles. The van der Waals surface area contributed by atoms with Crippen molar-refractivity contribution < 1.29 is 19.1 Å². The molecule has 0 radical (unpaired) electrons. The number of nitrogens with two attached hydrogens (primary N) is 2. The molecular weight excluding hydrogens is 918 g/mol. The van der Waals surface area contributed by atoms with Gasteiger partial charge in [-0.05, 0) is 108 Å². The van der Waals surface area contributed by atoms with Gasteiger partial charge in [-0.2, -0.15) is 5.10 Å². The first-order valence-corrected chi connectivity index (χ1v) is 24.1. The van der Waals surface area contributed by atoms with Gasteiger partial charge in [0.15, 0.2) is 0 Å². The Morgan fingerprint density at radius 2 is 1.51 bits per heavy atom. The van der Waals surface area contributed by atoms with Crippen molar-refractivity contribution in [3.8, 4) is 22.5 Å². The maximum atomic E-state index is 13.3. The van der Waals surface area contributed by atoms with Gasteiger partial charge >= 0.3 is 0 Å². The highest BCUT2D eigenvalue weighted by Crippen LogP contribution is 2.59. The van der Waals surface area contributed by atoms with Gasteiger partial charge in [-0.25, -0.2) is 19.9 Å². The average Bonchev–Trinajstić information content (AvgIpc) is 4.14. The molecule has 17 nitrogen and oxygen atoms in total. The van der Waals surface area contributed by atoms with Gasteiger partial charge in [-0.1, -0.05) is 29.3 Å². The predicted molar refractivity (Wildman–Crippen MR) is 265 cm³/mol. The quantitative estimate of drug-likeness (QED) is 0.0460. The number of nitrogen functional groups attached to an aromatic ring is 2. The molecule has 1 saturated heterocycles. The number of pyridine rings is 5. The van der Waals surface area contributed by atoms with Gasteiger partial charge in [-0.15, -0.1) is 0 Å². The summed E-state index contributed by atoms with van der Waals surface area (Å²) in [6, 6.07) is 15.2. The summed E-state index contributed by atoms with van der Waals surface area (Å²) in [7, 11) is 0.